The van der Waals surface area contributed by atoms with Crippen LogP contribution >= 0.6 is 11.6 Å². The van der Waals surface area contributed by atoms with Gasteiger partial charge >= 0.3 is 17.9 Å². The summed E-state index contributed by atoms with van der Waals surface area (Å²) in [5.41, 5.74) is 1.22. The summed E-state index contributed by atoms with van der Waals surface area (Å²) in [6, 6.07) is 13.2. The smallest absolute Gasteiger partial charge is 0.341 e. The second-order valence-corrected chi connectivity index (χ2v) is 13.6. The summed E-state index contributed by atoms with van der Waals surface area (Å²) in [4.78, 5) is 45.7. The number of halogens is 1. The molecule has 0 spiro atoms. The van der Waals surface area contributed by atoms with Crippen LogP contribution in [0.25, 0.3) is 0 Å². The standard InChI is InChI=1S/C19H22O4.C15H18O3.C4H5ClO/c1-12(2)18(20)23-17-6-4-3-5-16(17)19(21)22-11-15-10-13-7-8-14(15)9-13;16-14-4-2-1-3-13(14)15(17)18-9-12-8-10-5-6-11(12)7-10;1-3(2)4(5)6/h3-6,13-15H,1,7-11H2,2H3;1-4,10-12,16H,5-9H2;1H2,2H3. The van der Waals surface area contributed by atoms with E-state index in [1.807, 2.05) is 0 Å². The number of carbonyl (C=O) groups is 4. The number of carbonyl (C=O) groups excluding carboxylic acids is 4. The Bertz CT molecular complexity index is 1470. The van der Waals surface area contributed by atoms with E-state index in [-0.39, 0.29) is 28.2 Å². The lowest BCUT2D eigenvalue weighted by atomic mass is 9.89. The van der Waals surface area contributed by atoms with E-state index in [9.17, 15) is 24.3 Å². The van der Waals surface area contributed by atoms with E-state index in [0.29, 0.717) is 36.5 Å². The van der Waals surface area contributed by atoms with Gasteiger partial charge in [-0.25, -0.2) is 14.4 Å². The van der Waals surface area contributed by atoms with Crippen molar-refractivity contribution in [2.45, 2.75) is 65.2 Å². The maximum atomic E-state index is 12.3. The Balaban J connectivity index is 0.000000185. The van der Waals surface area contributed by atoms with Crippen molar-refractivity contribution in [1.82, 2.24) is 0 Å². The van der Waals surface area contributed by atoms with E-state index < -0.39 is 23.2 Å². The van der Waals surface area contributed by atoms with Gasteiger partial charge in [0.2, 0.25) is 5.24 Å². The Kier molecular flexibility index (Phi) is 12.8. The lowest BCUT2D eigenvalue weighted by molar-refractivity contribution is -0.130. The number of phenolic OH excluding ortho intramolecular Hbond substituents is 1. The number of benzene rings is 2. The quantitative estimate of drug-likeness (QED) is 0.124. The van der Waals surface area contributed by atoms with Gasteiger partial charge in [0.05, 0.1) is 13.2 Å². The number of fused-ring (bicyclic) bond motifs is 4. The van der Waals surface area contributed by atoms with Crippen molar-refractivity contribution < 1.29 is 38.5 Å². The molecule has 2 aromatic rings. The molecule has 4 fully saturated rings. The monoisotopic (exact) mass is 664 g/mol. The van der Waals surface area contributed by atoms with E-state index in [0.717, 1.165) is 17.8 Å². The predicted octanol–water partition coefficient (Wildman–Crippen LogP) is 8.07. The minimum absolute atomic E-state index is 0.00422. The average Bonchev–Trinajstić information content (AvgIpc) is 3.87. The molecule has 6 unspecified atom stereocenters. The molecule has 2 aromatic carbocycles. The summed E-state index contributed by atoms with van der Waals surface area (Å²) in [5, 5.41) is 9.11. The van der Waals surface area contributed by atoms with Crippen molar-refractivity contribution in [2.24, 2.45) is 35.5 Å². The molecule has 252 valence electrons. The van der Waals surface area contributed by atoms with Crippen LogP contribution in [0, 0.1) is 35.5 Å². The van der Waals surface area contributed by atoms with Crippen LogP contribution in [0.2, 0.25) is 0 Å². The molecule has 0 amide bonds. The highest BCUT2D eigenvalue weighted by molar-refractivity contribution is 6.67. The number of esters is 3. The number of hydrogen-bond donors (Lipinski definition) is 1. The van der Waals surface area contributed by atoms with Crippen molar-refractivity contribution in [2.75, 3.05) is 13.2 Å². The number of para-hydroxylation sites is 2. The summed E-state index contributed by atoms with van der Waals surface area (Å²) in [7, 11) is 0. The molecule has 47 heavy (non-hydrogen) atoms. The predicted molar refractivity (Wildman–Crippen MR) is 179 cm³/mol. The highest BCUT2D eigenvalue weighted by Crippen LogP contribution is 2.49. The number of aromatic hydroxyl groups is 1. The van der Waals surface area contributed by atoms with Gasteiger partial charge < -0.3 is 19.3 Å². The Labute approximate surface area is 282 Å². The molecule has 4 aliphatic rings. The van der Waals surface area contributed by atoms with E-state index in [4.69, 9.17) is 25.8 Å². The maximum Gasteiger partial charge on any atom is 0.341 e. The summed E-state index contributed by atoms with van der Waals surface area (Å²) in [6.07, 6.45) is 10.2. The molecule has 0 radical (unpaired) electrons. The normalized spacial score (nSPS) is 24.6. The highest BCUT2D eigenvalue weighted by atomic mass is 35.5. The summed E-state index contributed by atoms with van der Waals surface area (Å²) in [6.45, 7) is 10.9. The number of ether oxygens (including phenoxy) is 3. The molecular formula is C38H45ClO8. The number of phenols is 1. The van der Waals surface area contributed by atoms with Gasteiger partial charge in [-0.05, 0) is 124 Å². The lowest BCUT2D eigenvalue weighted by Gasteiger charge is -2.21. The first-order valence-corrected chi connectivity index (χ1v) is 16.7. The van der Waals surface area contributed by atoms with Gasteiger partial charge in [0, 0.05) is 11.1 Å². The molecule has 0 aliphatic heterocycles. The van der Waals surface area contributed by atoms with Crippen LogP contribution in [0.1, 0.15) is 85.9 Å². The minimum atomic E-state index is -0.543. The molecule has 4 aliphatic carbocycles. The van der Waals surface area contributed by atoms with Gasteiger partial charge in [0.15, 0.2) is 0 Å². The van der Waals surface area contributed by atoms with Crippen molar-refractivity contribution in [3.8, 4) is 11.5 Å². The topological polar surface area (TPSA) is 116 Å². The van der Waals surface area contributed by atoms with Crippen molar-refractivity contribution in [1.29, 1.82) is 0 Å². The third-order valence-electron chi connectivity index (χ3n) is 9.74. The molecule has 9 heteroatoms. The minimum Gasteiger partial charge on any atom is -0.507 e. The fraction of sp³-hybridized carbons (Fsp3) is 0.474. The van der Waals surface area contributed by atoms with Gasteiger partial charge in [0.25, 0.3) is 0 Å². The number of allylic oxidation sites excluding steroid dienone is 1. The summed E-state index contributed by atoms with van der Waals surface area (Å²) in [5.74, 6) is 3.02. The van der Waals surface area contributed by atoms with Gasteiger partial charge in [-0.3, -0.25) is 4.79 Å². The second-order valence-electron chi connectivity index (χ2n) is 13.3. The van der Waals surface area contributed by atoms with Gasteiger partial charge in [-0.15, -0.1) is 0 Å². The molecule has 0 heterocycles. The van der Waals surface area contributed by atoms with Crippen LogP contribution in [-0.4, -0.2) is 41.5 Å². The molecule has 0 saturated heterocycles. The number of rotatable bonds is 9. The van der Waals surface area contributed by atoms with Gasteiger partial charge in [-0.2, -0.15) is 0 Å². The van der Waals surface area contributed by atoms with Gasteiger partial charge in [-0.1, -0.05) is 50.3 Å². The SMILES string of the molecule is C=C(C)C(=O)Cl.C=C(C)C(=O)Oc1ccccc1C(=O)OCC1CC2CCC1C2.O=C(OCC1CC2CCC1C2)c1ccccc1O. The van der Waals surface area contributed by atoms with Crippen LogP contribution in [0.5, 0.6) is 11.5 Å². The maximum absolute atomic E-state index is 12.3. The molecular weight excluding hydrogens is 620 g/mol. The third-order valence-corrected chi connectivity index (χ3v) is 10.1. The Morgan fingerprint density at radius 1 is 0.723 bits per heavy atom. The molecule has 0 aromatic heterocycles. The average molecular weight is 665 g/mol. The van der Waals surface area contributed by atoms with Crippen molar-refractivity contribution in [3.05, 3.63) is 84.0 Å². The number of hydrogen-bond acceptors (Lipinski definition) is 8. The second kappa shape index (κ2) is 16.8. The summed E-state index contributed by atoms with van der Waals surface area (Å²) >= 11 is 4.87. The zero-order valence-corrected chi connectivity index (χ0v) is 28.0. The fourth-order valence-electron chi connectivity index (χ4n) is 7.24. The lowest BCUT2D eigenvalue weighted by Crippen LogP contribution is -2.20. The first kappa shape index (κ1) is 35.9. The first-order valence-electron chi connectivity index (χ1n) is 16.4. The van der Waals surface area contributed by atoms with E-state index in [1.165, 1.54) is 57.4 Å². The first-order chi connectivity index (χ1) is 22.4. The molecule has 4 bridgehead atoms. The molecule has 4 saturated carbocycles. The molecule has 1 N–H and O–H groups in total. The zero-order valence-electron chi connectivity index (χ0n) is 27.3. The molecule has 6 atom stereocenters. The third kappa shape index (κ3) is 10.0. The Morgan fingerprint density at radius 2 is 1.19 bits per heavy atom. The zero-order chi connectivity index (χ0) is 34.1. The highest BCUT2D eigenvalue weighted by Gasteiger charge is 2.41. The Morgan fingerprint density at radius 3 is 1.62 bits per heavy atom. The van der Waals surface area contributed by atoms with Crippen LogP contribution in [-0.2, 0) is 19.1 Å². The van der Waals surface area contributed by atoms with E-state index in [1.54, 1.807) is 56.3 Å². The largest absolute Gasteiger partial charge is 0.507 e. The van der Waals surface area contributed by atoms with Crippen molar-refractivity contribution in [3.63, 3.8) is 0 Å². The van der Waals surface area contributed by atoms with Crippen LogP contribution < -0.4 is 4.74 Å². The Hall–Kier alpha value is -3.91. The molecule has 8 nitrogen and oxygen atoms in total. The fourth-order valence-corrected chi connectivity index (χ4v) is 7.24. The van der Waals surface area contributed by atoms with Crippen LogP contribution in [0.3, 0.4) is 0 Å². The van der Waals surface area contributed by atoms with E-state index in [2.05, 4.69) is 13.2 Å². The van der Waals surface area contributed by atoms with Crippen molar-refractivity contribution >= 4 is 34.8 Å². The van der Waals surface area contributed by atoms with E-state index >= 15 is 0 Å². The summed E-state index contributed by atoms with van der Waals surface area (Å²) < 4.78 is 16.1. The van der Waals surface area contributed by atoms with Crippen LogP contribution in [0.4, 0.5) is 0 Å². The molecule has 6 rings (SSSR count). The van der Waals surface area contributed by atoms with Crippen LogP contribution in [0.15, 0.2) is 72.8 Å². The van der Waals surface area contributed by atoms with Gasteiger partial charge in [0.1, 0.15) is 22.6 Å².